The fourth-order valence-corrected chi connectivity index (χ4v) is 3.19. The van der Waals surface area contributed by atoms with Crippen molar-refractivity contribution in [2.45, 2.75) is 25.3 Å². The molecule has 94 valence electrons. The summed E-state index contributed by atoms with van der Waals surface area (Å²) in [6.45, 7) is 4.13. The van der Waals surface area contributed by atoms with Gasteiger partial charge in [0.25, 0.3) is 0 Å². The van der Waals surface area contributed by atoms with Gasteiger partial charge in [0.2, 0.25) is 0 Å². The van der Waals surface area contributed by atoms with Crippen molar-refractivity contribution in [1.82, 2.24) is 5.32 Å². The quantitative estimate of drug-likeness (QED) is 0.922. The minimum Gasteiger partial charge on any atom is -0.383 e. The third-order valence-electron chi connectivity index (χ3n) is 3.43. The van der Waals surface area contributed by atoms with Gasteiger partial charge in [-0.3, -0.25) is 0 Å². The van der Waals surface area contributed by atoms with E-state index in [-0.39, 0.29) is 5.54 Å². The number of halogens is 1. The Kier molecular flexibility index (Phi) is 4.23. The van der Waals surface area contributed by atoms with Gasteiger partial charge in [-0.2, -0.15) is 0 Å². The zero-order valence-electron chi connectivity index (χ0n) is 10.5. The number of rotatable bonds is 4. The Labute approximate surface area is 112 Å². The number of hydrogen-bond acceptors (Lipinski definition) is 2. The van der Waals surface area contributed by atoms with E-state index in [1.54, 1.807) is 7.11 Å². The topological polar surface area (TPSA) is 21.3 Å². The molecule has 1 saturated heterocycles. The molecule has 0 saturated carbocycles. The summed E-state index contributed by atoms with van der Waals surface area (Å²) in [4.78, 5) is 0. The van der Waals surface area contributed by atoms with Crippen molar-refractivity contribution in [3.05, 3.63) is 34.3 Å². The van der Waals surface area contributed by atoms with Gasteiger partial charge in [-0.15, -0.1) is 0 Å². The smallest absolute Gasteiger partial charge is 0.0641 e. The van der Waals surface area contributed by atoms with Crippen LogP contribution in [0.3, 0.4) is 0 Å². The van der Waals surface area contributed by atoms with E-state index in [4.69, 9.17) is 4.74 Å². The third kappa shape index (κ3) is 3.54. The standard InChI is InChI=1S/C14H20BrNO/c1-14(10-17-2)8-12(9-16-14)6-11-4-3-5-13(15)7-11/h3-5,7,12,16H,6,8-10H2,1-2H3. The Hall–Kier alpha value is -0.380. The lowest BCUT2D eigenvalue weighted by Gasteiger charge is -2.23. The SMILES string of the molecule is COCC1(C)CC(Cc2cccc(Br)c2)CN1. The van der Waals surface area contributed by atoms with E-state index in [1.807, 2.05) is 0 Å². The molecule has 0 aromatic heterocycles. The minimum absolute atomic E-state index is 0.158. The van der Waals surface area contributed by atoms with E-state index in [2.05, 4.69) is 52.4 Å². The fourth-order valence-electron chi connectivity index (χ4n) is 2.74. The van der Waals surface area contributed by atoms with Crippen LogP contribution in [-0.4, -0.2) is 25.8 Å². The molecule has 17 heavy (non-hydrogen) atoms. The van der Waals surface area contributed by atoms with Crippen molar-refractivity contribution >= 4 is 15.9 Å². The summed E-state index contributed by atoms with van der Waals surface area (Å²) in [5.74, 6) is 0.712. The highest BCUT2D eigenvalue weighted by molar-refractivity contribution is 9.10. The number of ether oxygens (including phenoxy) is 1. The maximum absolute atomic E-state index is 5.28. The molecule has 1 N–H and O–H groups in total. The van der Waals surface area contributed by atoms with E-state index in [0.29, 0.717) is 5.92 Å². The van der Waals surface area contributed by atoms with Crippen LogP contribution in [0.2, 0.25) is 0 Å². The zero-order valence-corrected chi connectivity index (χ0v) is 12.1. The molecule has 0 spiro atoms. The van der Waals surface area contributed by atoms with Crippen LogP contribution in [0.4, 0.5) is 0 Å². The number of benzene rings is 1. The first kappa shape index (κ1) is 13.1. The fraction of sp³-hybridized carbons (Fsp3) is 0.571. The van der Waals surface area contributed by atoms with Crippen molar-refractivity contribution in [2.75, 3.05) is 20.3 Å². The van der Waals surface area contributed by atoms with E-state index in [0.717, 1.165) is 19.6 Å². The molecule has 1 aliphatic rings. The van der Waals surface area contributed by atoms with Crippen LogP contribution in [0.25, 0.3) is 0 Å². The summed E-state index contributed by atoms with van der Waals surface area (Å²) in [5, 5.41) is 3.58. The number of methoxy groups -OCH3 is 1. The molecule has 1 fully saturated rings. The van der Waals surface area contributed by atoms with E-state index < -0.39 is 0 Å². The van der Waals surface area contributed by atoms with Gasteiger partial charge in [-0.05, 0) is 49.9 Å². The molecule has 2 rings (SSSR count). The Morgan fingerprint density at radius 1 is 1.53 bits per heavy atom. The molecule has 0 amide bonds. The highest BCUT2D eigenvalue weighted by atomic mass is 79.9. The number of nitrogens with one attached hydrogen (secondary N) is 1. The van der Waals surface area contributed by atoms with Crippen molar-refractivity contribution in [3.8, 4) is 0 Å². The molecule has 2 unspecified atom stereocenters. The summed E-state index contributed by atoms with van der Waals surface area (Å²) in [6, 6.07) is 8.60. The first-order valence-corrected chi connectivity index (χ1v) is 6.89. The maximum Gasteiger partial charge on any atom is 0.0641 e. The second-order valence-corrected chi connectivity index (χ2v) is 6.19. The lowest BCUT2D eigenvalue weighted by atomic mass is 9.91. The normalized spacial score (nSPS) is 28.5. The predicted molar refractivity (Wildman–Crippen MR) is 74.2 cm³/mol. The molecule has 1 aromatic carbocycles. The molecule has 1 aliphatic heterocycles. The summed E-state index contributed by atoms with van der Waals surface area (Å²) >= 11 is 3.52. The Morgan fingerprint density at radius 2 is 2.35 bits per heavy atom. The van der Waals surface area contributed by atoms with Crippen molar-refractivity contribution in [2.24, 2.45) is 5.92 Å². The summed E-state index contributed by atoms with van der Waals surface area (Å²) < 4.78 is 6.44. The molecule has 1 aromatic rings. The monoisotopic (exact) mass is 297 g/mol. The van der Waals surface area contributed by atoms with E-state index in [9.17, 15) is 0 Å². The predicted octanol–water partition coefficient (Wildman–Crippen LogP) is 3.01. The molecular weight excluding hydrogens is 278 g/mol. The second-order valence-electron chi connectivity index (χ2n) is 5.28. The van der Waals surface area contributed by atoms with Crippen molar-refractivity contribution < 1.29 is 4.74 Å². The van der Waals surface area contributed by atoms with Gasteiger partial charge in [0.1, 0.15) is 0 Å². The Bertz CT molecular complexity index is 382. The van der Waals surface area contributed by atoms with Gasteiger partial charge in [-0.1, -0.05) is 28.1 Å². The molecule has 0 aliphatic carbocycles. The summed E-state index contributed by atoms with van der Waals surface area (Å²) in [7, 11) is 1.77. The number of hydrogen-bond donors (Lipinski definition) is 1. The molecule has 0 radical (unpaired) electrons. The average molecular weight is 298 g/mol. The van der Waals surface area contributed by atoms with Gasteiger partial charge >= 0.3 is 0 Å². The van der Waals surface area contributed by atoms with Crippen LogP contribution >= 0.6 is 15.9 Å². The van der Waals surface area contributed by atoms with Gasteiger partial charge in [0, 0.05) is 17.1 Å². The van der Waals surface area contributed by atoms with Crippen LogP contribution in [0.1, 0.15) is 18.9 Å². The van der Waals surface area contributed by atoms with Crippen LogP contribution in [0.5, 0.6) is 0 Å². The third-order valence-corrected chi connectivity index (χ3v) is 3.93. The maximum atomic E-state index is 5.28. The minimum atomic E-state index is 0.158. The van der Waals surface area contributed by atoms with Gasteiger partial charge in [-0.25, -0.2) is 0 Å². The molecule has 2 atom stereocenters. The molecular formula is C14H20BrNO. The van der Waals surface area contributed by atoms with E-state index >= 15 is 0 Å². The van der Waals surface area contributed by atoms with Crippen LogP contribution < -0.4 is 5.32 Å². The molecule has 1 heterocycles. The molecule has 3 heteroatoms. The van der Waals surface area contributed by atoms with Gasteiger partial charge in [0.15, 0.2) is 0 Å². The highest BCUT2D eigenvalue weighted by Gasteiger charge is 2.34. The Balaban J connectivity index is 1.94. The zero-order chi connectivity index (χ0) is 12.3. The summed E-state index contributed by atoms with van der Waals surface area (Å²) in [5.41, 5.74) is 1.57. The highest BCUT2D eigenvalue weighted by Crippen LogP contribution is 2.27. The second kappa shape index (κ2) is 5.51. The van der Waals surface area contributed by atoms with Crippen molar-refractivity contribution in [3.63, 3.8) is 0 Å². The lowest BCUT2D eigenvalue weighted by Crippen LogP contribution is -2.40. The van der Waals surface area contributed by atoms with Gasteiger partial charge < -0.3 is 10.1 Å². The lowest BCUT2D eigenvalue weighted by molar-refractivity contribution is 0.128. The molecule has 0 bridgehead atoms. The van der Waals surface area contributed by atoms with Crippen LogP contribution in [0, 0.1) is 5.92 Å². The van der Waals surface area contributed by atoms with Crippen LogP contribution in [-0.2, 0) is 11.2 Å². The Morgan fingerprint density at radius 3 is 3.06 bits per heavy atom. The van der Waals surface area contributed by atoms with Crippen molar-refractivity contribution in [1.29, 1.82) is 0 Å². The van der Waals surface area contributed by atoms with Crippen LogP contribution in [0.15, 0.2) is 28.7 Å². The summed E-state index contributed by atoms with van der Waals surface area (Å²) in [6.07, 6.45) is 2.33. The largest absolute Gasteiger partial charge is 0.383 e. The van der Waals surface area contributed by atoms with Gasteiger partial charge in [0.05, 0.1) is 6.61 Å². The first-order chi connectivity index (χ1) is 8.11. The average Bonchev–Trinajstić information content (AvgIpc) is 2.60. The molecule has 2 nitrogen and oxygen atoms in total. The van der Waals surface area contributed by atoms with E-state index in [1.165, 1.54) is 16.5 Å². The first-order valence-electron chi connectivity index (χ1n) is 6.10.